The second-order valence-electron chi connectivity index (χ2n) is 47.2. The summed E-state index contributed by atoms with van der Waals surface area (Å²) in [5.74, 6) is 2.15. The summed E-state index contributed by atoms with van der Waals surface area (Å²) in [5, 5.41) is 3.38. The van der Waals surface area contributed by atoms with Gasteiger partial charge in [-0.3, -0.25) is 4.79 Å². The van der Waals surface area contributed by atoms with Gasteiger partial charge in [-0.05, 0) is 449 Å². The van der Waals surface area contributed by atoms with E-state index in [1.54, 1.807) is 0 Å². The van der Waals surface area contributed by atoms with E-state index in [1.165, 1.54) is 141 Å². The lowest BCUT2D eigenvalue weighted by molar-refractivity contribution is -0.142. The SMILES string of the molecule is COC(=O)[C@H](CS)NC(=O)c1c(-c2cc(-c3cc(-c4c(C(C)C)cccc4C(C)C)cc(-c4c(C(C)C)cccc4C(C)C)c3)cc(-c3cc(-c4c(C(C)C)cccc4C(C)C)cc(-c4c(C(C)C)cccc4C(C)C)c3)c2)cccc1-c1cc(-c2cc(-c3c(C(C)C)cccc3C(C)C)cc(-c3c(C(C)C)cccc3C(C)C)c2)cc(-c2cc(-c3c(C(C)C)cccc3C(C)C)cc(-c3c(C(C)C)cccc3C(C)C)c2)c1. The number of methoxy groups -OCH3 is 1. The third-order valence-electron chi connectivity index (χ3n) is 31.1. The Morgan fingerprint density at radius 1 is 0.196 bits per heavy atom. The first-order chi connectivity index (χ1) is 70.4. The average Bonchev–Trinajstić information content (AvgIpc) is 0.743. The molecule has 15 aromatic rings. The van der Waals surface area contributed by atoms with E-state index in [9.17, 15) is 4.79 Å². The molecule has 0 saturated carbocycles. The van der Waals surface area contributed by atoms with Gasteiger partial charge in [-0.1, -0.05) is 385 Å². The molecule has 0 saturated heterocycles. The highest BCUT2D eigenvalue weighted by molar-refractivity contribution is 7.80. The molecule has 0 aliphatic heterocycles. The van der Waals surface area contributed by atoms with Crippen molar-refractivity contribution < 1.29 is 14.3 Å². The summed E-state index contributed by atoms with van der Waals surface area (Å²) in [6.45, 7) is 74.9. The Morgan fingerprint density at radius 3 is 0.446 bits per heavy atom. The predicted octanol–water partition coefficient (Wildman–Crippen LogP) is 42.2. The molecule has 15 aromatic carbocycles. The van der Waals surface area contributed by atoms with E-state index in [2.05, 4.69) is 500 Å². The van der Waals surface area contributed by atoms with Gasteiger partial charge in [0.2, 0.25) is 0 Å². The van der Waals surface area contributed by atoms with Crippen molar-refractivity contribution in [1.82, 2.24) is 5.32 Å². The van der Waals surface area contributed by atoms with Gasteiger partial charge >= 0.3 is 5.97 Å². The van der Waals surface area contributed by atoms with Crippen LogP contribution in [0.25, 0.3) is 156 Å². The summed E-state index contributed by atoms with van der Waals surface area (Å²) in [4.78, 5) is 32.4. The third-order valence-corrected chi connectivity index (χ3v) is 31.5. The van der Waals surface area contributed by atoms with Crippen molar-refractivity contribution in [3.63, 3.8) is 0 Å². The standard InChI is InChI=1S/C143H165NO3S/c1-80(2)114-43-34-44-115(81(3)4)133(114)106-67-100(68-107(75-106)134-116(82(5)6)45-35-46-117(134)83(7)8)96-61-97(101-69-108(135-118(84(9)10)47-36-48-119(135)85(11)12)76-109(70-101)136-120(86(13)14)49-37-50-121(136)87(15)16)64-104(63-96)130-59-42-60-131(141(130)142(145)144-132(79-148)143(146)147-33)105-65-98(102-71-110(137-122(88(17)18)51-38-52-123(137)89(19)20)77-111(72-102)138-124(90(21)22)53-39-54-125(138)91(23)24)62-99(66-105)103-73-112(139-126(92(25)26)55-40-56-127(139)93(27)28)78-113(74-103)140-128(94(29)30)57-41-58-129(140)95(31)32/h34-78,80-95,132,148H,79H2,1-33H3,(H,144,145)/t132-/m0/s1. The van der Waals surface area contributed by atoms with Crippen LogP contribution in [-0.4, -0.2) is 30.8 Å². The maximum atomic E-state index is 17.7. The number of carbonyl (C=O) groups excluding carboxylic acids is 2. The highest BCUT2D eigenvalue weighted by atomic mass is 32.1. The Balaban J connectivity index is 1.17. The van der Waals surface area contributed by atoms with Crippen LogP contribution in [0.5, 0.6) is 0 Å². The second kappa shape index (κ2) is 46.4. The van der Waals surface area contributed by atoms with Crippen molar-refractivity contribution in [2.45, 2.75) is 322 Å². The first-order valence-electron chi connectivity index (χ1n) is 55.5. The fraction of sp³-hybridized carbons (Fsp3) is 0.357. The molecule has 766 valence electrons. The largest absolute Gasteiger partial charge is 0.467 e. The molecule has 5 heteroatoms. The molecular weight excluding hydrogens is 1810 g/mol. The molecular formula is C143H165NO3S. The predicted molar refractivity (Wildman–Crippen MR) is 645 cm³/mol. The van der Waals surface area contributed by atoms with Crippen LogP contribution in [0, 0.1) is 0 Å². The van der Waals surface area contributed by atoms with Crippen LogP contribution in [0.15, 0.2) is 273 Å². The third kappa shape index (κ3) is 22.7. The van der Waals surface area contributed by atoms with Gasteiger partial charge in [-0.25, -0.2) is 4.79 Å². The van der Waals surface area contributed by atoms with Crippen LogP contribution in [0.2, 0.25) is 0 Å². The van der Waals surface area contributed by atoms with Crippen LogP contribution in [-0.2, 0) is 9.53 Å². The van der Waals surface area contributed by atoms with Crippen molar-refractivity contribution >= 4 is 24.5 Å². The Morgan fingerprint density at radius 2 is 0.318 bits per heavy atom. The van der Waals surface area contributed by atoms with Gasteiger partial charge in [-0.2, -0.15) is 12.6 Å². The molecule has 0 fully saturated rings. The van der Waals surface area contributed by atoms with Gasteiger partial charge in [-0.15, -0.1) is 0 Å². The molecule has 0 heterocycles. The first kappa shape index (κ1) is 110. The normalized spacial score (nSPS) is 12.3. The maximum absolute atomic E-state index is 17.7. The number of nitrogens with one attached hydrogen (secondary N) is 1. The number of rotatable bonds is 34. The van der Waals surface area contributed by atoms with Gasteiger partial charge in [0.05, 0.1) is 12.7 Å². The van der Waals surface area contributed by atoms with Gasteiger partial charge < -0.3 is 10.1 Å². The van der Waals surface area contributed by atoms with E-state index in [0.717, 1.165) is 100 Å². The number of carbonyl (C=O) groups is 2. The maximum Gasteiger partial charge on any atom is 0.329 e. The summed E-state index contributed by atoms with van der Waals surface area (Å²) in [7, 11) is 1.39. The second-order valence-corrected chi connectivity index (χ2v) is 47.6. The molecule has 0 radical (unpaired) electrons. The van der Waals surface area contributed by atoms with E-state index in [-0.39, 0.29) is 100 Å². The number of hydrogen-bond acceptors (Lipinski definition) is 4. The smallest absolute Gasteiger partial charge is 0.329 e. The highest BCUT2D eigenvalue weighted by Crippen LogP contribution is 2.54. The minimum Gasteiger partial charge on any atom is -0.467 e. The van der Waals surface area contributed by atoms with Crippen LogP contribution >= 0.6 is 12.6 Å². The summed E-state index contributed by atoms with van der Waals surface area (Å²) < 4.78 is 5.68. The molecule has 1 atom stereocenters. The van der Waals surface area contributed by atoms with Crippen molar-refractivity contribution in [1.29, 1.82) is 0 Å². The van der Waals surface area contributed by atoms with Crippen LogP contribution < -0.4 is 5.32 Å². The Labute approximate surface area is 896 Å². The Bertz CT molecular complexity index is 6060. The van der Waals surface area contributed by atoms with Gasteiger partial charge in [0.15, 0.2) is 0 Å². The molecule has 4 nitrogen and oxygen atoms in total. The molecule has 0 aromatic heterocycles. The van der Waals surface area contributed by atoms with Crippen molar-refractivity contribution in [3.05, 3.63) is 368 Å². The van der Waals surface area contributed by atoms with Gasteiger partial charge in [0.1, 0.15) is 6.04 Å². The topological polar surface area (TPSA) is 55.4 Å². The molecule has 148 heavy (non-hydrogen) atoms. The van der Waals surface area contributed by atoms with Crippen molar-refractivity contribution in [2.24, 2.45) is 0 Å². The highest BCUT2D eigenvalue weighted by Gasteiger charge is 2.33. The van der Waals surface area contributed by atoms with E-state index >= 15 is 4.79 Å². The minimum atomic E-state index is -1.14. The summed E-state index contributed by atoms with van der Waals surface area (Å²) in [5.41, 5.74) is 51.6. The lowest BCUT2D eigenvalue weighted by Crippen LogP contribution is -2.43. The van der Waals surface area contributed by atoms with Gasteiger partial charge in [0.25, 0.3) is 5.91 Å². The average molecular weight is 1980 g/mol. The first-order valence-corrected chi connectivity index (χ1v) is 56.1. The summed E-state index contributed by atoms with van der Waals surface area (Å²) >= 11 is 4.94. The van der Waals surface area contributed by atoms with Gasteiger partial charge in [0, 0.05) is 5.75 Å². The van der Waals surface area contributed by atoms with Crippen LogP contribution in [0.3, 0.4) is 0 Å². The number of hydrogen-bond donors (Lipinski definition) is 2. The lowest BCUT2D eigenvalue weighted by atomic mass is 9.79. The zero-order valence-corrected chi connectivity index (χ0v) is 96.1. The van der Waals surface area contributed by atoms with Crippen molar-refractivity contribution in [2.75, 3.05) is 12.9 Å². The fourth-order valence-electron chi connectivity index (χ4n) is 23.5. The number of thiol groups is 1. The molecule has 0 aliphatic rings. The number of ether oxygens (including phenoxy) is 1. The number of esters is 1. The van der Waals surface area contributed by atoms with E-state index in [0.29, 0.717) is 16.7 Å². The zero-order chi connectivity index (χ0) is 107. The molecule has 0 spiro atoms. The lowest BCUT2D eigenvalue weighted by Gasteiger charge is -2.25. The van der Waals surface area contributed by atoms with E-state index in [4.69, 9.17) is 17.4 Å². The number of amides is 1. The van der Waals surface area contributed by atoms with Crippen molar-refractivity contribution in [3.8, 4) is 156 Å². The quantitative estimate of drug-likeness (QED) is 0.0312. The fourth-order valence-corrected chi connectivity index (χ4v) is 23.7. The molecule has 0 unspecified atom stereocenters. The van der Waals surface area contributed by atoms with E-state index in [1.807, 2.05) is 0 Å². The van der Waals surface area contributed by atoms with E-state index < -0.39 is 17.9 Å². The van der Waals surface area contributed by atoms with Crippen LogP contribution in [0.1, 0.15) is 416 Å². The molecule has 15 rings (SSSR count). The Kier molecular flexibility index (Phi) is 34.4. The molecule has 1 N–H and O–H groups in total. The monoisotopic (exact) mass is 1980 g/mol. The number of benzene rings is 15. The zero-order valence-electron chi connectivity index (χ0n) is 95.2. The minimum absolute atomic E-state index is 0.0223. The van der Waals surface area contributed by atoms with Crippen LogP contribution in [0.4, 0.5) is 0 Å². The molecule has 1 amide bonds. The molecule has 0 aliphatic carbocycles. The Hall–Kier alpha value is -12.4. The summed E-state index contributed by atoms with van der Waals surface area (Å²) in [6.07, 6.45) is 0. The molecule has 0 bridgehead atoms. The summed E-state index contributed by atoms with van der Waals surface area (Å²) in [6, 6.07) is 105.